The minimum absolute atomic E-state index is 0.383. The Labute approximate surface area is 148 Å². The molecule has 0 bridgehead atoms. The van der Waals surface area contributed by atoms with Crippen molar-refractivity contribution in [3.05, 3.63) is 54.1 Å². The molecule has 0 aromatic heterocycles. The summed E-state index contributed by atoms with van der Waals surface area (Å²) in [6.07, 6.45) is 4.25. The highest BCUT2D eigenvalue weighted by atomic mass is 16.5. The van der Waals surface area contributed by atoms with E-state index in [9.17, 15) is 9.59 Å². The lowest BCUT2D eigenvalue weighted by Crippen LogP contribution is -2.06. The summed E-state index contributed by atoms with van der Waals surface area (Å²) in [4.78, 5) is 22.3. The number of benzene rings is 2. The number of carbonyl (C=O) groups is 2. The zero-order chi connectivity index (χ0) is 18.1. The van der Waals surface area contributed by atoms with Gasteiger partial charge < -0.3 is 9.84 Å². The molecule has 2 rings (SSSR count). The SMILES string of the molecule is CCCCCCOc1ccc(-c2ccc(C(=O)CC(=O)O)cc2)cc1. The lowest BCUT2D eigenvalue weighted by atomic mass is 10.0. The van der Waals surface area contributed by atoms with Gasteiger partial charge in [0, 0.05) is 5.56 Å². The summed E-state index contributed by atoms with van der Waals surface area (Å²) in [6, 6.07) is 14.8. The number of Topliss-reactive ketones (excluding diaryl/α,β-unsaturated/α-hetero) is 1. The smallest absolute Gasteiger partial charge is 0.311 e. The van der Waals surface area contributed by atoms with Gasteiger partial charge in [0.15, 0.2) is 5.78 Å². The Morgan fingerprint density at radius 1 is 0.880 bits per heavy atom. The second-order valence-electron chi connectivity index (χ2n) is 6.00. The van der Waals surface area contributed by atoms with E-state index in [1.807, 2.05) is 36.4 Å². The van der Waals surface area contributed by atoms with Crippen LogP contribution in [0.5, 0.6) is 5.75 Å². The summed E-state index contributed by atoms with van der Waals surface area (Å²) in [5.74, 6) is -0.640. The molecule has 0 unspecified atom stereocenters. The Hall–Kier alpha value is -2.62. The third kappa shape index (κ3) is 6.07. The number of hydrogen-bond donors (Lipinski definition) is 1. The van der Waals surface area contributed by atoms with Crippen molar-refractivity contribution in [2.24, 2.45) is 0 Å². The van der Waals surface area contributed by atoms with Gasteiger partial charge in [-0.1, -0.05) is 62.6 Å². The Bertz CT molecular complexity index is 687. The van der Waals surface area contributed by atoms with E-state index >= 15 is 0 Å². The number of unbranched alkanes of at least 4 members (excludes halogenated alkanes) is 3. The standard InChI is InChI=1S/C21H24O4/c1-2-3-4-5-14-25-19-12-10-17(11-13-19)16-6-8-18(9-7-16)20(22)15-21(23)24/h6-13H,2-5,14-15H2,1H3,(H,23,24). The molecule has 4 heteroatoms. The number of aliphatic carboxylic acids is 1. The topological polar surface area (TPSA) is 63.6 Å². The van der Waals surface area contributed by atoms with Crippen molar-refractivity contribution < 1.29 is 19.4 Å². The maximum absolute atomic E-state index is 11.7. The number of hydrogen-bond acceptors (Lipinski definition) is 3. The molecule has 0 aliphatic rings. The average molecular weight is 340 g/mol. The van der Waals surface area contributed by atoms with Gasteiger partial charge >= 0.3 is 5.97 Å². The van der Waals surface area contributed by atoms with Crippen LogP contribution in [0.3, 0.4) is 0 Å². The molecule has 2 aromatic carbocycles. The van der Waals surface area contributed by atoms with E-state index in [0.717, 1.165) is 29.9 Å². The molecule has 132 valence electrons. The zero-order valence-electron chi connectivity index (χ0n) is 14.5. The van der Waals surface area contributed by atoms with Crippen LogP contribution in [0.15, 0.2) is 48.5 Å². The highest BCUT2D eigenvalue weighted by molar-refractivity contribution is 6.05. The minimum Gasteiger partial charge on any atom is -0.494 e. The van der Waals surface area contributed by atoms with E-state index in [2.05, 4.69) is 6.92 Å². The van der Waals surface area contributed by atoms with Gasteiger partial charge in [-0.2, -0.15) is 0 Å². The predicted octanol–water partition coefficient (Wildman–Crippen LogP) is 4.97. The Balaban J connectivity index is 1.93. The van der Waals surface area contributed by atoms with Gasteiger partial charge in [0.2, 0.25) is 0 Å². The van der Waals surface area contributed by atoms with Gasteiger partial charge in [-0.05, 0) is 29.7 Å². The van der Waals surface area contributed by atoms with E-state index in [1.54, 1.807) is 12.1 Å². The quantitative estimate of drug-likeness (QED) is 0.377. The van der Waals surface area contributed by atoms with Gasteiger partial charge in [0.1, 0.15) is 12.2 Å². The molecule has 0 aliphatic carbocycles. The third-order valence-electron chi connectivity index (χ3n) is 3.97. The first-order chi connectivity index (χ1) is 12.1. The maximum Gasteiger partial charge on any atom is 0.311 e. The Kier molecular flexibility index (Phi) is 7.20. The van der Waals surface area contributed by atoms with E-state index in [4.69, 9.17) is 9.84 Å². The van der Waals surface area contributed by atoms with Crippen molar-refractivity contribution in [2.75, 3.05) is 6.61 Å². The highest BCUT2D eigenvalue weighted by Gasteiger charge is 2.10. The molecule has 25 heavy (non-hydrogen) atoms. The molecule has 0 fully saturated rings. The van der Waals surface area contributed by atoms with Crippen LogP contribution in [-0.2, 0) is 4.79 Å². The van der Waals surface area contributed by atoms with Crippen LogP contribution >= 0.6 is 0 Å². The number of carboxylic acids is 1. The van der Waals surface area contributed by atoms with Crippen molar-refractivity contribution in [1.82, 2.24) is 0 Å². The summed E-state index contributed by atoms with van der Waals surface area (Å²) in [5, 5.41) is 8.68. The molecule has 0 aliphatic heterocycles. The van der Waals surface area contributed by atoms with Crippen LogP contribution < -0.4 is 4.74 Å². The molecule has 0 atom stereocenters. The molecule has 0 amide bonds. The van der Waals surface area contributed by atoms with Gasteiger partial charge in [0.25, 0.3) is 0 Å². The summed E-state index contributed by atoms with van der Waals surface area (Å²) < 4.78 is 5.73. The highest BCUT2D eigenvalue weighted by Crippen LogP contribution is 2.23. The average Bonchev–Trinajstić information content (AvgIpc) is 2.62. The number of carboxylic acid groups (broad SMARTS) is 1. The number of ketones is 1. The van der Waals surface area contributed by atoms with Crippen molar-refractivity contribution in [1.29, 1.82) is 0 Å². The number of ether oxygens (including phenoxy) is 1. The van der Waals surface area contributed by atoms with Crippen LogP contribution in [0, 0.1) is 0 Å². The summed E-state index contributed by atoms with van der Waals surface area (Å²) in [5.41, 5.74) is 2.41. The van der Waals surface area contributed by atoms with Crippen molar-refractivity contribution >= 4 is 11.8 Å². The molecular weight excluding hydrogens is 316 g/mol. The molecule has 0 saturated heterocycles. The van der Waals surface area contributed by atoms with Gasteiger partial charge in [-0.3, -0.25) is 9.59 Å². The lowest BCUT2D eigenvalue weighted by molar-refractivity contribution is -0.135. The van der Waals surface area contributed by atoms with Crippen molar-refractivity contribution in [3.8, 4) is 16.9 Å². The van der Waals surface area contributed by atoms with Crippen molar-refractivity contribution in [3.63, 3.8) is 0 Å². The Morgan fingerprint density at radius 2 is 1.48 bits per heavy atom. The second-order valence-corrected chi connectivity index (χ2v) is 6.00. The summed E-state index contributed by atoms with van der Waals surface area (Å²) in [6.45, 7) is 2.92. The second kappa shape index (κ2) is 9.62. The first-order valence-corrected chi connectivity index (χ1v) is 8.68. The van der Waals surface area contributed by atoms with E-state index in [0.29, 0.717) is 5.56 Å². The molecule has 0 saturated carbocycles. The first-order valence-electron chi connectivity index (χ1n) is 8.68. The fraction of sp³-hybridized carbons (Fsp3) is 0.333. The number of rotatable bonds is 10. The molecular formula is C21H24O4. The fourth-order valence-electron chi connectivity index (χ4n) is 2.55. The van der Waals surface area contributed by atoms with Gasteiger partial charge in [-0.15, -0.1) is 0 Å². The number of carbonyl (C=O) groups excluding carboxylic acids is 1. The van der Waals surface area contributed by atoms with Crippen LogP contribution in [0.2, 0.25) is 0 Å². The summed E-state index contributed by atoms with van der Waals surface area (Å²) >= 11 is 0. The molecule has 2 aromatic rings. The monoisotopic (exact) mass is 340 g/mol. The lowest BCUT2D eigenvalue weighted by Gasteiger charge is -2.08. The van der Waals surface area contributed by atoms with Crippen molar-refractivity contribution in [2.45, 2.75) is 39.0 Å². The normalized spacial score (nSPS) is 10.4. The molecule has 1 N–H and O–H groups in total. The molecule has 0 spiro atoms. The molecule has 0 heterocycles. The fourth-order valence-corrected chi connectivity index (χ4v) is 2.55. The minimum atomic E-state index is -1.11. The van der Waals surface area contributed by atoms with Gasteiger partial charge in [-0.25, -0.2) is 0 Å². The molecule has 4 nitrogen and oxygen atoms in total. The third-order valence-corrected chi connectivity index (χ3v) is 3.97. The van der Waals surface area contributed by atoms with Crippen LogP contribution in [0.4, 0.5) is 0 Å². The summed E-state index contributed by atoms with van der Waals surface area (Å²) in [7, 11) is 0. The van der Waals surface area contributed by atoms with E-state index < -0.39 is 12.4 Å². The first kappa shape index (κ1) is 18.7. The largest absolute Gasteiger partial charge is 0.494 e. The van der Waals surface area contributed by atoms with Crippen LogP contribution in [0.25, 0.3) is 11.1 Å². The maximum atomic E-state index is 11.7. The van der Waals surface area contributed by atoms with Crippen LogP contribution in [-0.4, -0.2) is 23.5 Å². The zero-order valence-corrected chi connectivity index (χ0v) is 14.5. The van der Waals surface area contributed by atoms with Gasteiger partial charge in [0.05, 0.1) is 6.61 Å². The Morgan fingerprint density at radius 3 is 2.04 bits per heavy atom. The predicted molar refractivity (Wildman–Crippen MR) is 98.1 cm³/mol. The van der Waals surface area contributed by atoms with Crippen LogP contribution in [0.1, 0.15) is 49.4 Å². The molecule has 0 radical (unpaired) electrons. The van der Waals surface area contributed by atoms with E-state index in [1.165, 1.54) is 19.3 Å². The van der Waals surface area contributed by atoms with E-state index in [-0.39, 0.29) is 5.78 Å².